The molecule has 1 aliphatic heterocycles. The molecule has 7 heteroatoms. The molecule has 1 heterocycles. The van der Waals surface area contributed by atoms with Gasteiger partial charge in [-0.1, -0.05) is 43.5 Å². The van der Waals surface area contributed by atoms with Crippen LogP contribution in [0, 0.1) is 0 Å². The van der Waals surface area contributed by atoms with Crippen LogP contribution in [-0.4, -0.2) is 34.8 Å². The molecule has 2 N–H and O–H groups in total. The molecule has 0 aromatic heterocycles. The number of urea groups is 1. The lowest BCUT2D eigenvalue weighted by atomic mass is 9.98. The van der Waals surface area contributed by atoms with E-state index in [0.717, 1.165) is 23.3 Å². The molecule has 1 saturated carbocycles. The molecule has 6 nitrogen and oxygen atoms in total. The average Bonchev–Trinajstić information content (AvgIpc) is 3.15. The molecular weight excluding hydrogens is 342 g/mol. The van der Waals surface area contributed by atoms with Crippen molar-refractivity contribution in [3.63, 3.8) is 0 Å². The lowest BCUT2D eigenvalue weighted by molar-refractivity contribution is -0.135. The monoisotopic (exact) mass is 363 g/mol. The van der Waals surface area contributed by atoms with Crippen molar-refractivity contribution in [2.75, 3.05) is 6.54 Å². The molecule has 1 atom stereocenters. The van der Waals surface area contributed by atoms with E-state index in [1.807, 2.05) is 19.1 Å². The number of carbonyl (C=O) groups excluding carboxylic acids is 3. The fraction of sp³-hybridized carbons (Fsp3) is 0.500. The quantitative estimate of drug-likeness (QED) is 0.789. The van der Waals surface area contributed by atoms with Crippen LogP contribution in [0.4, 0.5) is 4.79 Å². The number of amides is 4. The molecule has 0 radical (unpaired) electrons. The van der Waals surface area contributed by atoms with Crippen molar-refractivity contribution in [3.05, 3.63) is 34.9 Å². The standard InChI is InChI=1S/C18H22ClN3O3/c1-2-14(12-5-7-13(19)8-6-12)20-15(23)11-22-16(24)18(21-17(22)25)9-3-4-10-18/h5-8,14H,2-4,9-11H2,1H3,(H,20,23)(H,21,25)/t14-/m0/s1. The van der Waals surface area contributed by atoms with Crippen LogP contribution < -0.4 is 10.6 Å². The molecule has 2 aliphatic rings. The number of nitrogens with zero attached hydrogens (tertiary/aromatic N) is 1. The molecule has 1 aromatic carbocycles. The number of imide groups is 1. The van der Waals surface area contributed by atoms with Crippen LogP contribution in [0.5, 0.6) is 0 Å². The van der Waals surface area contributed by atoms with Gasteiger partial charge in [-0.3, -0.25) is 14.5 Å². The maximum atomic E-state index is 12.6. The van der Waals surface area contributed by atoms with Crippen LogP contribution in [0.15, 0.2) is 24.3 Å². The van der Waals surface area contributed by atoms with Crippen LogP contribution in [0.1, 0.15) is 50.6 Å². The highest BCUT2D eigenvalue weighted by Crippen LogP contribution is 2.34. The highest BCUT2D eigenvalue weighted by molar-refractivity contribution is 6.30. The van der Waals surface area contributed by atoms with Gasteiger partial charge in [0.2, 0.25) is 5.91 Å². The molecule has 0 bridgehead atoms. The Hall–Kier alpha value is -2.08. The van der Waals surface area contributed by atoms with E-state index in [2.05, 4.69) is 10.6 Å². The van der Waals surface area contributed by atoms with Crippen LogP contribution in [0.3, 0.4) is 0 Å². The number of benzene rings is 1. The van der Waals surface area contributed by atoms with Crippen molar-refractivity contribution in [1.29, 1.82) is 0 Å². The van der Waals surface area contributed by atoms with E-state index in [9.17, 15) is 14.4 Å². The SMILES string of the molecule is CC[C@H](NC(=O)CN1C(=O)NC2(CCCC2)C1=O)c1ccc(Cl)cc1. The van der Waals surface area contributed by atoms with E-state index in [-0.39, 0.29) is 24.4 Å². The van der Waals surface area contributed by atoms with Crippen molar-refractivity contribution >= 4 is 29.4 Å². The zero-order valence-corrected chi connectivity index (χ0v) is 14.9. The fourth-order valence-corrected chi connectivity index (χ4v) is 3.76. The fourth-order valence-electron chi connectivity index (χ4n) is 3.64. The molecule has 1 aromatic rings. The third kappa shape index (κ3) is 3.49. The largest absolute Gasteiger partial charge is 0.348 e. The third-order valence-corrected chi connectivity index (χ3v) is 5.27. The molecule has 134 valence electrons. The summed E-state index contributed by atoms with van der Waals surface area (Å²) in [5, 5.41) is 6.31. The molecule has 1 spiro atoms. The third-order valence-electron chi connectivity index (χ3n) is 5.02. The number of rotatable bonds is 5. The maximum absolute atomic E-state index is 12.6. The van der Waals surface area contributed by atoms with Gasteiger partial charge in [0.05, 0.1) is 6.04 Å². The second kappa shape index (κ2) is 7.04. The van der Waals surface area contributed by atoms with Gasteiger partial charge in [0, 0.05) is 5.02 Å². The molecule has 1 saturated heterocycles. The normalized spacial score (nSPS) is 20.0. The Morgan fingerprint density at radius 2 is 1.92 bits per heavy atom. The summed E-state index contributed by atoms with van der Waals surface area (Å²) in [5.74, 6) is -0.620. The number of halogens is 1. The first kappa shape index (κ1) is 17.7. The van der Waals surface area contributed by atoms with Gasteiger partial charge in [-0.25, -0.2) is 4.79 Å². The van der Waals surface area contributed by atoms with E-state index >= 15 is 0 Å². The molecule has 4 amide bonds. The smallest absolute Gasteiger partial charge is 0.325 e. The highest BCUT2D eigenvalue weighted by atomic mass is 35.5. The van der Waals surface area contributed by atoms with E-state index in [4.69, 9.17) is 11.6 Å². The molecule has 0 unspecified atom stereocenters. The topological polar surface area (TPSA) is 78.5 Å². The van der Waals surface area contributed by atoms with Gasteiger partial charge < -0.3 is 10.6 Å². The summed E-state index contributed by atoms with van der Waals surface area (Å²) in [5.41, 5.74) is 0.155. The predicted octanol–water partition coefficient (Wildman–Crippen LogP) is 2.77. The Balaban J connectivity index is 1.64. The average molecular weight is 364 g/mol. The molecule has 1 aliphatic carbocycles. The van der Waals surface area contributed by atoms with Gasteiger partial charge in [-0.15, -0.1) is 0 Å². The Labute approximate surface area is 151 Å². The zero-order valence-electron chi connectivity index (χ0n) is 14.2. The van der Waals surface area contributed by atoms with Crippen LogP contribution >= 0.6 is 11.6 Å². The van der Waals surface area contributed by atoms with Crippen LogP contribution in [0.2, 0.25) is 5.02 Å². The maximum Gasteiger partial charge on any atom is 0.325 e. The first-order chi connectivity index (χ1) is 11.9. The Kier molecular flexibility index (Phi) is 4.99. The number of hydrogen-bond donors (Lipinski definition) is 2. The number of hydrogen-bond acceptors (Lipinski definition) is 3. The first-order valence-corrected chi connectivity index (χ1v) is 9.02. The van der Waals surface area contributed by atoms with Gasteiger partial charge in [-0.05, 0) is 37.0 Å². The van der Waals surface area contributed by atoms with E-state index < -0.39 is 11.6 Å². The molecule has 25 heavy (non-hydrogen) atoms. The number of carbonyl (C=O) groups is 3. The zero-order chi connectivity index (χ0) is 18.0. The van der Waals surface area contributed by atoms with E-state index in [1.165, 1.54) is 0 Å². The molecule has 3 rings (SSSR count). The Morgan fingerprint density at radius 1 is 1.28 bits per heavy atom. The summed E-state index contributed by atoms with van der Waals surface area (Å²) in [6.07, 6.45) is 3.83. The lowest BCUT2D eigenvalue weighted by Crippen LogP contribution is -2.45. The van der Waals surface area contributed by atoms with E-state index in [0.29, 0.717) is 24.3 Å². The van der Waals surface area contributed by atoms with Gasteiger partial charge in [0.15, 0.2) is 0 Å². The van der Waals surface area contributed by atoms with Crippen molar-refractivity contribution in [1.82, 2.24) is 15.5 Å². The van der Waals surface area contributed by atoms with Crippen molar-refractivity contribution in [2.45, 2.75) is 50.6 Å². The Morgan fingerprint density at radius 3 is 2.52 bits per heavy atom. The minimum absolute atomic E-state index is 0.189. The van der Waals surface area contributed by atoms with Gasteiger partial charge >= 0.3 is 6.03 Å². The predicted molar refractivity (Wildman–Crippen MR) is 94.1 cm³/mol. The van der Waals surface area contributed by atoms with Crippen molar-refractivity contribution in [2.24, 2.45) is 0 Å². The van der Waals surface area contributed by atoms with Crippen LogP contribution in [0.25, 0.3) is 0 Å². The lowest BCUT2D eigenvalue weighted by Gasteiger charge is -2.21. The van der Waals surface area contributed by atoms with Crippen LogP contribution in [-0.2, 0) is 9.59 Å². The summed E-state index contributed by atoms with van der Waals surface area (Å²) >= 11 is 5.89. The summed E-state index contributed by atoms with van der Waals surface area (Å²) in [6, 6.07) is 6.60. The minimum Gasteiger partial charge on any atom is -0.348 e. The first-order valence-electron chi connectivity index (χ1n) is 8.64. The highest BCUT2D eigenvalue weighted by Gasteiger charge is 2.52. The molecule has 2 fully saturated rings. The van der Waals surface area contributed by atoms with E-state index in [1.54, 1.807) is 12.1 Å². The summed E-state index contributed by atoms with van der Waals surface area (Å²) in [6.45, 7) is 1.71. The summed E-state index contributed by atoms with van der Waals surface area (Å²) in [4.78, 5) is 38.2. The Bertz CT molecular complexity index is 683. The van der Waals surface area contributed by atoms with Crippen molar-refractivity contribution < 1.29 is 14.4 Å². The second-order valence-electron chi connectivity index (χ2n) is 6.69. The summed E-state index contributed by atoms with van der Waals surface area (Å²) in [7, 11) is 0. The van der Waals surface area contributed by atoms with Gasteiger partial charge in [0.1, 0.15) is 12.1 Å². The minimum atomic E-state index is -0.780. The van der Waals surface area contributed by atoms with Crippen molar-refractivity contribution in [3.8, 4) is 0 Å². The second-order valence-corrected chi connectivity index (χ2v) is 7.13. The van der Waals surface area contributed by atoms with Gasteiger partial charge in [-0.2, -0.15) is 0 Å². The molecular formula is C18H22ClN3O3. The summed E-state index contributed by atoms with van der Waals surface area (Å²) < 4.78 is 0. The van der Waals surface area contributed by atoms with Gasteiger partial charge in [0.25, 0.3) is 5.91 Å². The number of nitrogens with one attached hydrogen (secondary N) is 2.